The molecule has 5 nitrogen and oxygen atoms in total. The predicted molar refractivity (Wildman–Crippen MR) is 68.4 cm³/mol. The molecule has 0 aliphatic carbocycles. The maximum Gasteiger partial charge on any atom is 0.185 e. The predicted octanol–water partition coefficient (Wildman–Crippen LogP) is 0.360. The Bertz CT molecular complexity index is 430. The smallest absolute Gasteiger partial charge is 0.185 e. The average molecular weight is 250 g/mol. The number of hydrogen-bond donors (Lipinski definition) is 2. The van der Waals surface area contributed by atoms with Crippen molar-refractivity contribution in [3.63, 3.8) is 0 Å². The van der Waals surface area contributed by atoms with Crippen LogP contribution in [0.25, 0.3) is 0 Å². The van der Waals surface area contributed by atoms with Crippen molar-refractivity contribution in [2.75, 3.05) is 44.3 Å². The molecule has 1 aromatic rings. The zero-order chi connectivity index (χ0) is 12.4. The number of ether oxygens (including phenoxy) is 2. The summed E-state index contributed by atoms with van der Waals surface area (Å²) in [5, 5.41) is 12.7. The van der Waals surface area contributed by atoms with Crippen LogP contribution >= 0.6 is 0 Å². The molecule has 0 spiro atoms. The molecule has 18 heavy (non-hydrogen) atoms. The van der Waals surface area contributed by atoms with Crippen LogP contribution in [0.4, 0.5) is 5.69 Å². The SMILES string of the molecule is OCc1ccc(N2CCNCC2)c2c1OCCO2. The van der Waals surface area contributed by atoms with Crippen molar-refractivity contribution in [3.05, 3.63) is 17.7 Å². The lowest BCUT2D eigenvalue weighted by Gasteiger charge is -2.33. The fraction of sp³-hybridized carbons (Fsp3) is 0.538. The van der Waals surface area contributed by atoms with E-state index in [1.165, 1.54) is 0 Å². The van der Waals surface area contributed by atoms with Gasteiger partial charge in [0, 0.05) is 31.7 Å². The van der Waals surface area contributed by atoms with Gasteiger partial charge >= 0.3 is 0 Å². The second kappa shape index (κ2) is 5.04. The Balaban J connectivity index is 1.98. The van der Waals surface area contributed by atoms with Crippen molar-refractivity contribution in [1.29, 1.82) is 0 Å². The van der Waals surface area contributed by atoms with Gasteiger partial charge in [0.1, 0.15) is 13.2 Å². The molecule has 2 heterocycles. The highest BCUT2D eigenvalue weighted by Gasteiger charge is 2.23. The van der Waals surface area contributed by atoms with Crippen molar-refractivity contribution in [2.24, 2.45) is 0 Å². The van der Waals surface area contributed by atoms with Gasteiger partial charge in [-0.2, -0.15) is 0 Å². The minimum absolute atomic E-state index is 0.0203. The second-order valence-electron chi connectivity index (χ2n) is 4.49. The topological polar surface area (TPSA) is 54.0 Å². The fourth-order valence-corrected chi connectivity index (χ4v) is 2.46. The Morgan fingerprint density at radius 2 is 1.83 bits per heavy atom. The van der Waals surface area contributed by atoms with Gasteiger partial charge in [-0.1, -0.05) is 6.07 Å². The summed E-state index contributed by atoms with van der Waals surface area (Å²) in [7, 11) is 0. The van der Waals surface area contributed by atoms with Gasteiger partial charge in [0.2, 0.25) is 0 Å². The summed E-state index contributed by atoms with van der Waals surface area (Å²) in [4.78, 5) is 2.30. The summed E-state index contributed by atoms with van der Waals surface area (Å²) in [5.41, 5.74) is 1.87. The molecule has 1 fully saturated rings. The molecule has 3 rings (SSSR count). The minimum atomic E-state index is -0.0203. The first-order valence-electron chi connectivity index (χ1n) is 6.38. The number of hydrogen-bond acceptors (Lipinski definition) is 5. The van der Waals surface area contributed by atoms with E-state index in [9.17, 15) is 5.11 Å². The van der Waals surface area contributed by atoms with Crippen LogP contribution in [0.3, 0.4) is 0 Å². The molecule has 0 unspecified atom stereocenters. The zero-order valence-electron chi connectivity index (χ0n) is 10.3. The number of nitrogens with zero attached hydrogens (tertiary/aromatic N) is 1. The van der Waals surface area contributed by atoms with Crippen molar-refractivity contribution < 1.29 is 14.6 Å². The van der Waals surface area contributed by atoms with E-state index in [0.29, 0.717) is 19.0 Å². The molecule has 2 aliphatic heterocycles. The number of aliphatic hydroxyl groups excluding tert-OH is 1. The van der Waals surface area contributed by atoms with E-state index >= 15 is 0 Å². The lowest BCUT2D eigenvalue weighted by Crippen LogP contribution is -2.43. The maximum atomic E-state index is 9.34. The number of fused-ring (bicyclic) bond motifs is 1. The van der Waals surface area contributed by atoms with E-state index in [4.69, 9.17) is 9.47 Å². The van der Waals surface area contributed by atoms with Gasteiger partial charge in [0.15, 0.2) is 11.5 Å². The number of piperazine rings is 1. The third-order valence-corrected chi connectivity index (χ3v) is 3.38. The quantitative estimate of drug-likeness (QED) is 0.794. The summed E-state index contributed by atoms with van der Waals surface area (Å²) in [6.45, 7) is 5.00. The van der Waals surface area contributed by atoms with Crippen LogP contribution in [0.1, 0.15) is 5.56 Å². The van der Waals surface area contributed by atoms with Crippen LogP contribution in [-0.2, 0) is 6.61 Å². The third-order valence-electron chi connectivity index (χ3n) is 3.38. The number of nitrogens with one attached hydrogen (secondary N) is 1. The Hall–Kier alpha value is -1.46. The Kier molecular flexibility index (Phi) is 3.25. The molecule has 0 radical (unpaired) electrons. The second-order valence-corrected chi connectivity index (χ2v) is 4.49. The van der Waals surface area contributed by atoms with Crippen molar-refractivity contribution in [1.82, 2.24) is 5.32 Å². The maximum absolute atomic E-state index is 9.34. The Morgan fingerprint density at radius 1 is 1.11 bits per heavy atom. The molecular weight excluding hydrogens is 232 g/mol. The Labute approximate surface area is 106 Å². The molecule has 2 N–H and O–H groups in total. The van der Waals surface area contributed by atoms with Gasteiger partial charge in [0.25, 0.3) is 0 Å². The lowest BCUT2D eigenvalue weighted by atomic mass is 10.1. The van der Waals surface area contributed by atoms with Gasteiger partial charge in [0.05, 0.1) is 12.3 Å². The van der Waals surface area contributed by atoms with Crippen LogP contribution in [0.2, 0.25) is 0 Å². The van der Waals surface area contributed by atoms with Gasteiger partial charge in [-0.25, -0.2) is 0 Å². The summed E-state index contributed by atoms with van der Waals surface area (Å²) >= 11 is 0. The van der Waals surface area contributed by atoms with E-state index in [0.717, 1.165) is 43.2 Å². The molecular formula is C13H18N2O3. The number of benzene rings is 1. The highest BCUT2D eigenvalue weighted by atomic mass is 16.6. The number of rotatable bonds is 2. The lowest BCUT2D eigenvalue weighted by molar-refractivity contribution is 0.165. The molecule has 0 atom stereocenters. The molecule has 0 amide bonds. The summed E-state index contributed by atoms with van der Waals surface area (Å²) in [6, 6.07) is 3.94. The van der Waals surface area contributed by atoms with Gasteiger partial charge in [-0.15, -0.1) is 0 Å². The van der Waals surface area contributed by atoms with Crippen molar-refractivity contribution in [3.8, 4) is 11.5 Å². The zero-order valence-corrected chi connectivity index (χ0v) is 10.3. The highest BCUT2D eigenvalue weighted by Crippen LogP contribution is 2.42. The van der Waals surface area contributed by atoms with Gasteiger partial charge in [-0.3, -0.25) is 0 Å². The normalized spacial score (nSPS) is 18.8. The summed E-state index contributed by atoms with van der Waals surface area (Å²) in [6.07, 6.45) is 0. The van der Waals surface area contributed by atoms with E-state index in [1.807, 2.05) is 12.1 Å². The summed E-state index contributed by atoms with van der Waals surface area (Å²) < 4.78 is 11.4. The number of aliphatic hydroxyl groups is 1. The average Bonchev–Trinajstić information content (AvgIpc) is 2.47. The Morgan fingerprint density at radius 3 is 2.56 bits per heavy atom. The molecule has 0 aromatic heterocycles. The van der Waals surface area contributed by atoms with Crippen LogP contribution in [0.5, 0.6) is 11.5 Å². The van der Waals surface area contributed by atoms with Crippen LogP contribution in [-0.4, -0.2) is 44.5 Å². The first-order valence-corrected chi connectivity index (χ1v) is 6.38. The first kappa shape index (κ1) is 11.6. The van der Waals surface area contributed by atoms with Crippen LogP contribution < -0.4 is 19.7 Å². The highest BCUT2D eigenvalue weighted by molar-refractivity contribution is 5.67. The minimum Gasteiger partial charge on any atom is -0.486 e. The molecule has 0 saturated carbocycles. The van der Waals surface area contributed by atoms with Crippen molar-refractivity contribution >= 4 is 5.69 Å². The molecule has 1 saturated heterocycles. The number of anilines is 1. The molecule has 2 aliphatic rings. The van der Waals surface area contributed by atoms with E-state index in [2.05, 4.69) is 10.2 Å². The van der Waals surface area contributed by atoms with Gasteiger partial charge in [-0.05, 0) is 6.07 Å². The standard InChI is InChI=1S/C13H18N2O3/c16-9-10-1-2-11(15-5-3-14-4-6-15)13-12(10)17-7-8-18-13/h1-2,14,16H,3-9H2. The largest absolute Gasteiger partial charge is 0.486 e. The fourth-order valence-electron chi connectivity index (χ4n) is 2.46. The van der Waals surface area contributed by atoms with Gasteiger partial charge < -0.3 is 24.8 Å². The first-order chi connectivity index (χ1) is 8.90. The summed E-state index contributed by atoms with van der Waals surface area (Å²) in [5.74, 6) is 1.49. The molecule has 0 bridgehead atoms. The van der Waals surface area contributed by atoms with E-state index in [1.54, 1.807) is 0 Å². The molecule has 98 valence electrons. The monoisotopic (exact) mass is 250 g/mol. The van der Waals surface area contributed by atoms with E-state index in [-0.39, 0.29) is 6.61 Å². The molecule has 5 heteroatoms. The van der Waals surface area contributed by atoms with E-state index < -0.39 is 0 Å². The van der Waals surface area contributed by atoms with Crippen molar-refractivity contribution in [2.45, 2.75) is 6.61 Å². The van der Waals surface area contributed by atoms with Crippen LogP contribution in [0, 0.1) is 0 Å². The van der Waals surface area contributed by atoms with Crippen LogP contribution in [0.15, 0.2) is 12.1 Å². The molecule has 1 aromatic carbocycles. The third kappa shape index (κ3) is 2.00.